The minimum absolute atomic E-state index is 0.349. The first-order chi connectivity index (χ1) is 8.17. The lowest BCUT2D eigenvalue weighted by Crippen LogP contribution is -1.95. The van der Waals surface area contributed by atoms with Crippen LogP contribution in [0, 0.1) is 5.82 Å². The minimum Gasteiger partial charge on any atom is -0.439 e. The molecule has 0 aliphatic carbocycles. The molecular weight excluding hydrogens is 289 g/mol. The van der Waals surface area contributed by atoms with E-state index in [0.717, 1.165) is 0 Å². The van der Waals surface area contributed by atoms with E-state index in [0.29, 0.717) is 21.9 Å². The molecule has 0 amide bonds. The van der Waals surface area contributed by atoms with Gasteiger partial charge in [-0.25, -0.2) is 14.4 Å². The SMILES string of the molecule is CNc1cc(Oc2cc(F)cc(Br)c2)ncn1. The zero-order chi connectivity index (χ0) is 12.3. The number of hydrogen-bond acceptors (Lipinski definition) is 4. The van der Waals surface area contributed by atoms with E-state index in [1.807, 2.05) is 0 Å². The van der Waals surface area contributed by atoms with Crippen LogP contribution in [-0.2, 0) is 0 Å². The van der Waals surface area contributed by atoms with Gasteiger partial charge in [0.2, 0.25) is 5.88 Å². The molecule has 88 valence electrons. The molecule has 0 saturated heterocycles. The standard InChI is InChI=1S/C11H9BrFN3O/c1-14-10-5-11(16-6-15-10)17-9-3-7(12)2-8(13)4-9/h2-6H,1H3,(H,14,15,16). The van der Waals surface area contributed by atoms with E-state index in [4.69, 9.17) is 4.74 Å². The van der Waals surface area contributed by atoms with Gasteiger partial charge in [0.15, 0.2) is 0 Å². The number of hydrogen-bond donors (Lipinski definition) is 1. The summed E-state index contributed by atoms with van der Waals surface area (Å²) < 4.78 is 19.1. The fourth-order valence-electron chi connectivity index (χ4n) is 1.24. The van der Waals surface area contributed by atoms with Crippen LogP contribution in [0.25, 0.3) is 0 Å². The monoisotopic (exact) mass is 297 g/mol. The molecule has 0 aliphatic rings. The lowest BCUT2D eigenvalue weighted by molar-refractivity contribution is 0.456. The van der Waals surface area contributed by atoms with Gasteiger partial charge in [0.05, 0.1) is 0 Å². The van der Waals surface area contributed by atoms with Gasteiger partial charge in [0.1, 0.15) is 23.7 Å². The number of ether oxygens (including phenoxy) is 1. The fraction of sp³-hybridized carbons (Fsp3) is 0.0909. The fourth-order valence-corrected chi connectivity index (χ4v) is 1.68. The van der Waals surface area contributed by atoms with Gasteiger partial charge in [-0.05, 0) is 12.1 Å². The predicted molar refractivity (Wildman–Crippen MR) is 65.8 cm³/mol. The zero-order valence-electron chi connectivity index (χ0n) is 8.95. The van der Waals surface area contributed by atoms with Crippen LogP contribution in [0.4, 0.5) is 10.2 Å². The summed E-state index contributed by atoms with van der Waals surface area (Å²) >= 11 is 3.19. The number of nitrogens with one attached hydrogen (secondary N) is 1. The van der Waals surface area contributed by atoms with E-state index < -0.39 is 0 Å². The van der Waals surface area contributed by atoms with Crippen molar-refractivity contribution in [2.75, 3.05) is 12.4 Å². The van der Waals surface area contributed by atoms with Crippen LogP contribution in [0.5, 0.6) is 11.6 Å². The molecular formula is C11H9BrFN3O. The average molecular weight is 298 g/mol. The highest BCUT2D eigenvalue weighted by Crippen LogP contribution is 2.25. The minimum atomic E-state index is -0.378. The second-order valence-corrected chi connectivity index (χ2v) is 4.11. The van der Waals surface area contributed by atoms with Crippen molar-refractivity contribution in [1.82, 2.24) is 9.97 Å². The summed E-state index contributed by atoms with van der Waals surface area (Å²) in [5.41, 5.74) is 0. The molecule has 1 aromatic heterocycles. The summed E-state index contributed by atoms with van der Waals surface area (Å²) in [7, 11) is 1.74. The predicted octanol–water partition coefficient (Wildman–Crippen LogP) is 3.21. The Morgan fingerprint density at radius 3 is 2.76 bits per heavy atom. The number of aromatic nitrogens is 2. The molecule has 0 aliphatic heterocycles. The van der Waals surface area contributed by atoms with Crippen molar-refractivity contribution in [2.45, 2.75) is 0 Å². The maximum absolute atomic E-state index is 13.1. The average Bonchev–Trinajstić information content (AvgIpc) is 2.28. The van der Waals surface area contributed by atoms with Gasteiger partial charge in [0, 0.05) is 23.7 Å². The number of halogens is 2. The Morgan fingerprint density at radius 2 is 2.06 bits per heavy atom. The van der Waals surface area contributed by atoms with Crippen LogP contribution in [0.3, 0.4) is 0 Å². The van der Waals surface area contributed by atoms with Gasteiger partial charge in [0.25, 0.3) is 0 Å². The molecule has 6 heteroatoms. The Bertz CT molecular complexity index is 516. The van der Waals surface area contributed by atoms with E-state index in [-0.39, 0.29) is 5.82 Å². The van der Waals surface area contributed by atoms with Gasteiger partial charge in [-0.2, -0.15) is 0 Å². The molecule has 0 radical (unpaired) electrons. The van der Waals surface area contributed by atoms with Crippen LogP contribution in [-0.4, -0.2) is 17.0 Å². The summed E-state index contributed by atoms with van der Waals surface area (Å²) in [5, 5.41) is 2.86. The number of anilines is 1. The summed E-state index contributed by atoms with van der Waals surface area (Å²) in [6.45, 7) is 0. The van der Waals surface area contributed by atoms with E-state index in [2.05, 4.69) is 31.2 Å². The number of rotatable bonds is 3. The van der Waals surface area contributed by atoms with Gasteiger partial charge >= 0.3 is 0 Å². The molecule has 0 fully saturated rings. The lowest BCUT2D eigenvalue weighted by atomic mass is 10.3. The molecule has 1 N–H and O–H groups in total. The Morgan fingerprint density at radius 1 is 1.24 bits per heavy atom. The van der Waals surface area contributed by atoms with Gasteiger partial charge < -0.3 is 10.1 Å². The van der Waals surface area contributed by atoms with Crippen molar-refractivity contribution in [3.05, 3.63) is 40.9 Å². The van der Waals surface area contributed by atoms with Gasteiger partial charge in [-0.1, -0.05) is 15.9 Å². The van der Waals surface area contributed by atoms with Crippen LogP contribution in [0.2, 0.25) is 0 Å². The highest BCUT2D eigenvalue weighted by Gasteiger charge is 2.03. The molecule has 1 aromatic carbocycles. The van der Waals surface area contributed by atoms with Crippen molar-refractivity contribution in [1.29, 1.82) is 0 Å². The summed E-state index contributed by atoms with van der Waals surface area (Å²) in [4.78, 5) is 7.88. The Kier molecular flexibility index (Phi) is 3.53. The maximum atomic E-state index is 13.1. The molecule has 17 heavy (non-hydrogen) atoms. The molecule has 1 heterocycles. The normalized spacial score (nSPS) is 10.1. The second kappa shape index (κ2) is 5.09. The molecule has 0 bridgehead atoms. The van der Waals surface area contributed by atoms with Crippen molar-refractivity contribution >= 4 is 21.7 Å². The summed E-state index contributed by atoms with van der Waals surface area (Å²) in [5.74, 6) is 0.974. The smallest absolute Gasteiger partial charge is 0.224 e. The van der Waals surface area contributed by atoms with E-state index in [9.17, 15) is 4.39 Å². The van der Waals surface area contributed by atoms with Crippen molar-refractivity contribution < 1.29 is 9.13 Å². The quantitative estimate of drug-likeness (QED) is 0.945. The molecule has 4 nitrogen and oxygen atoms in total. The molecule has 0 atom stereocenters. The van der Waals surface area contributed by atoms with Gasteiger partial charge in [-0.15, -0.1) is 0 Å². The third-order valence-corrected chi connectivity index (χ3v) is 2.41. The summed E-state index contributed by atoms with van der Waals surface area (Å²) in [6.07, 6.45) is 1.37. The highest BCUT2D eigenvalue weighted by molar-refractivity contribution is 9.10. The number of nitrogens with zero attached hydrogens (tertiary/aromatic N) is 2. The molecule has 0 unspecified atom stereocenters. The van der Waals surface area contributed by atoms with Crippen LogP contribution in [0.1, 0.15) is 0 Å². The summed E-state index contributed by atoms with van der Waals surface area (Å²) in [6, 6.07) is 5.92. The largest absolute Gasteiger partial charge is 0.439 e. The van der Waals surface area contributed by atoms with Crippen LogP contribution < -0.4 is 10.1 Å². The Balaban J connectivity index is 2.24. The van der Waals surface area contributed by atoms with E-state index in [1.165, 1.54) is 18.5 Å². The van der Waals surface area contributed by atoms with Crippen molar-refractivity contribution in [2.24, 2.45) is 0 Å². The first-order valence-corrected chi connectivity index (χ1v) is 5.60. The number of benzene rings is 1. The van der Waals surface area contributed by atoms with Gasteiger partial charge in [-0.3, -0.25) is 0 Å². The Hall–Kier alpha value is -1.69. The third-order valence-electron chi connectivity index (χ3n) is 1.96. The third kappa shape index (κ3) is 3.13. The highest BCUT2D eigenvalue weighted by atomic mass is 79.9. The molecule has 0 saturated carbocycles. The zero-order valence-corrected chi connectivity index (χ0v) is 10.5. The van der Waals surface area contributed by atoms with Crippen LogP contribution in [0.15, 0.2) is 35.1 Å². The molecule has 2 rings (SSSR count). The molecule has 2 aromatic rings. The first-order valence-electron chi connectivity index (χ1n) is 4.81. The topological polar surface area (TPSA) is 47.0 Å². The Labute approximate surface area is 106 Å². The lowest BCUT2D eigenvalue weighted by Gasteiger charge is -2.06. The van der Waals surface area contributed by atoms with Crippen LogP contribution >= 0.6 is 15.9 Å². The van der Waals surface area contributed by atoms with E-state index in [1.54, 1.807) is 19.2 Å². The van der Waals surface area contributed by atoms with Crippen molar-refractivity contribution in [3.63, 3.8) is 0 Å². The van der Waals surface area contributed by atoms with E-state index >= 15 is 0 Å². The first kappa shape index (κ1) is 11.8. The van der Waals surface area contributed by atoms with Crippen molar-refractivity contribution in [3.8, 4) is 11.6 Å². The second-order valence-electron chi connectivity index (χ2n) is 3.20. The molecule has 0 spiro atoms. The maximum Gasteiger partial charge on any atom is 0.224 e.